The van der Waals surface area contributed by atoms with Gasteiger partial charge in [0.1, 0.15) is 0 Å². The van der Waals surface area contributed by atoms with Crippen LogP contribution in [0.5, 0.6) is 0 Å². The fourth-order valence-electron chi connectivity index (χ4n) is 4.96. The van der Waals surface area contributed by atoms with Crippen molar-refractivity contribution in [1.82, 2.24) is 4.90 Å². The third-order valence-electron chi connectivity index (χ3n) is 6.62. The first kappa shape index (κ1) is 21.9. The number of rotatable bonds is 11. The van der Waals surface area contributed by atoms with E-state index in [4.69, 9.17) is 9.47 Å². The van der Waals surface area contributed by atoms with Crippen LogP contribution in [0, 0.1) is 11.3 Å². The fraction of sp³-hybridized carbons (Fsp3) is 0.913. The Kier molecular flexibility index (Phi) is 8.63. The summed E-state index contributed by atoms with van der Waals surface area (Å²) in [6, 6.07) is 0. The Morgan fingerprint density at radius 3 is 2.46 bits per heavy atom. The molecule has 2 rings (SSSR count). The third kappa shape index (κ3) is 6.07. The smallest absolute Gasteiger partial charge is 0.168 e. The Hall–Kier alpha value is -0.380. The molecule has 1 spiro atoms. The predicted octanol–water partition coefficient (Wildman–Crippen LogP) is 5.79. The average molecular weight is 366 g/mol. The lowest BCUT2D eigenvalue weighted by Gasteiger charge is -2.42. The van der Waals surface area contributed by atoms with E-state index in [2.05, 4.69) is 39.2 Å². The van der Waals surface area contributed by atoms with E-state index < -0.39 is 0 Å². The van der Waals surface area contributed by atoms with Crippen LogP contribution in [0.4, 0.5) is 0 Å². The van der Waals surface area contributed by atoms with Crippen molar-refractivity contribution in [2.24, 2.45) is 11.3 Å². The number of hydrogen-bond acceptors (Lipinski definition) is 3. The second-order valence-electron chi connectivity index (χ2n) is 9.18. The van der Waals surface area contributed by atoms with Crippen molar-refractivity contribution in [1.29, 1.82) is 0 Å². The van der Waals surface area contributed by atoms with Crippen LogP contribution in [0.3, 0.4) is 0 Å². The van der Waals surface area contributed by atoms with Gasteiger partial charge < -0.3 is 14.4 Å². The van der Waals surface area contributed by atoms with E-state index in [1.165, 1.54) is 38.6 Å². The van der Waals surface area contributed by atoms with Gasteiger partial charge in [-0.15, -0.1) is 6.58 Å². The van der Waals surface area contributed by atoms with Crippen LogP contribution in [0.2, 0.25) is 0 Å². The molecule has 0 bridgehead atoms. The lowest BCUT2D eigenvalue weighted by Crippen LogP contribution is -2.39. The van der Waals surface area contributed by atoms with Gasteiger partial charge in [-0.2, -0.15) is 0 Å². The van der Waals surface area contributed by atoms with Crippen molar-refractivity contribution >= 4 is 0 Å². The van der Waals surface area contributed by atoms with Gasteiger partial charge in [-0.3, -0.25) is 0 Å². The molecular weight excluding hydrogens is 322 g/mol. The molecule has 0 aromatic heterocycles. The summed E-state index contributed by atoms with van der Waals surface area (Å²) < 4.78 is 12.7. The maximum atomic E-state index is 6.47. The second-order valence-corrected chi connectivity index (χ2v) is 9.18. The maximum Gasteiger partial charge on any atom is 0.168 e. The molecule has 0 radical (unpaired) electrons. The molecule has 26 heavy (non-hydrogen) atoms. The van der Waals surface area contributed by atoms with Crippen molar-refractivity contribution in [3.63, 3.8) is 0 Å². The van der Waals surface area contributed by atoms with Crippen LogP contribution >= 0.6 is 0 Å². The SMILES string of the molecule is C=CCCN(CCC)CCC1COC2(CCC(C(C)(C)CCC)CC2)O1. The minimum atomic E-state index is -0.264. The van der Waals surface area contributed by atoms with Gasteiger partial charge in [-0.1, -0.05) is 40.2 Å². The minimum Gasteiger partial charge on any atom is -0.347 e. The van der Waals surface area contributed by atoms with E-state index in [0.717, 1.165) is 51.3 Å². The Morgan fingerprint density at radius 1 is 1.12 bits per heavy atom. The van der Waals surface area contributed by atoms with E-state index in [0.29, 0.717) is 5.41 Å². The largest absolute Gasteiger partial charge is 0.347 e. The molecule has 1 atom stereocenters. The summed E-state index contributed by atoms with van der Waals surface area (Å²) >= 11 is 0. The summed E-state index contributed by atoms with van der Waals surface area (Å²) in [7, 11) is 0. The molecule has 2 fully saturated rings. The maximum absolute atomic E-state index is 6.47. The topological polar surface area (TPSA) is 21.7 Å². The first-order chi connectivity index (χ1) is 12.4. The molecule has 1 heterocycles. The summed E-state index contributed by atoms with van der Waals surface area (Å²) in [5, 5.41) is 0. The third-order valence-corrected chi connectivity index (χ3v) is 6.62. The predicted molar refractivity (Wildman–Crippen MR) is 110 cm³/mol. The molecular formula is C23H43NO2. The number of nitrogens with zero attached hydrogens (tertiary/aromatic N) is 1. The zero-order valence-electron chi connectivity index (χ0n) is 17.9. The highest BCUT2D eigenvalue weighted by Gasteiger charge is 2.46. The quantitative estimate of drug-likeness (QED) is 0.432. The lowest BCUT2D eigenvalue weighted by atomic mass is 9.68. The molecule has 0 N–H and O–H groups in total. The Bertz CT molecular complexity index is 412. The molecule has 0 aromatic carbocycles. The normalized spacial score (nSPS) is 29.6. The summed E-state index contributed by atoms with van der Waals surface area (Å²) in [4.78, 5) is 2.54. The molecule has 1 unspecified atom stereocenters. The molecule has 3 nitrogen and oxygen atoms in total. The highest BCUT2D eigenvalue weighted by Crippen LogP contribution is 2.47. The monoisotopic (exact) mass is 365 g/mol. The Labute approximate surface area is 162 Å². The number of hydrogen-bond donors (Lipinski definition) is 0. The van der Waals surface area contributed by atoms with Crippen molar-refractivity contribution in [3.05, 3.63) is 12.7 Å². The first-order valence-corrected chi connectivity index (χ1v) is 11.1. The van der Waals surface area contributed by atoms with Gasteiger partial charge in [0.15, 0.2) is 5.79 Å². The van der Waals surface area contributed by atoms with E-state index in [1.807, 2.05) is 6.08 Å². The van der Waals surface area contributed by atoms with Crippen LogP contribution in [0.25, 0.3) is 0 Å². The first-order valence-electron chi connectivity index (χ1n) is 11.1. The summed E-state index contributed by atoms with van der Waals surface area (Å²) in [6.07, 6.45) is 12.9. The van der Waals surface area contributed by atoms with Gasteiger partial charge >= 0.3 is 0 Å². The molecule has 1 aliphatic heterocycles. The highest BCUT2D eigenvalue weighted by molar-refractivity contribution is 4.90. The van der Waals surface area contributed by atoms with E-state index in [9.17, 15) is 0 Å². The Balaban J connectivity index is 1.77. The van der Waals surface area contributed by atoms with Crippen LogP contribution in [-0.4, -0.2) is 43.0 Å². The van der Waals surface area contributed by atoms with Crippen molar-refractivity contribution < 1.29 is 9.47 Å². The van der Waals surface area contributed by atoms with E-state index >= 15 is 0 Å². The van der Waals surface area contributed by atoms with Crippen molar-refractivity contribution in [3.8, 4) is 0 Å². The molecule has 0 amide bonds. The Morgan fingerprint density at radius 2 is 1.85 bits per heavy atom. The van der Waals surface area contributed by atoms with Gasteiger partial charge in [0, 0.05) is 25.9 Å². The molecule has 1 saturated carbocycles. The summed E-state index contributed by atoms with van der Waals surface area (Å²) in [5.74, 6) is 0.554. The molecule has 2 aliphatic rings. The van der Waals surface area contributed by atoms with Gasteiger partial charge in [0.05, 0.1) is 12.7 Å². The zero-order valence-corrected chi connectivity index (χ0v) is 17.9. The van der Waals surface area contributed by atoms with Crippen molar-refractivity contribution in [2.75, 3.05) is 26.2 Å². The van der Waals surface area contributed by atoms with E-state index in [-0.39, 0.29) is 11.9 Å². The molecule has 0 aromatic rings. The summed E-state index contributed by atoms with van der Waals surface area (Å²) in [5.41, 5.74) is 0.459. The fourth-order valence-corrected chi connectivity index (χ4v) is 4.96. The van der Waals surface area contributed by atoms with Crippen LogP contribution in [0.1, 0.15) is 85.5 Å². The highest BCUT2D eigenvalue weighted by atomic mass is 16.7. The molecule has 3 heteroatoms. The lowest BCUT2D eigenvalue weighted by molar-refractivity contribution is -0.197. The van der Waals surface area contributed by atoms with Crippen LogP contribution in [-0.2, 0) is 9.47 Å². The molecule has 152 valence electrons. The van der Waals surface area contributed by atoms with Gasteiger partial charge in [-0.25, -0.2) is 0 Å². The minimum absolute atomic E-state index is 0.264. The van der Waals surface area contributed by atoms with Gasteiger partial charge in [0.25, 0.3) is 0 Å². The number of ether oxygens (including phenoxy) is 2. The van der Waals surface area contributed by atoms with Crippen LogP contribution < -0.4 is 0 Å². The zero-order chi connectivity index (χ0) is 19.0. The molecule has 1 aliphatic carbocycles. The van der Waals surface area contributed by atoms with Gasteiger partial charge in [-0.05, 0) is 56.4 Å². The van der Waals surface area contributed by atoms with Crippen LogP contribution in [0.15, 0.2) is 12.7 Å². The van der Waals surface area contributed by atoms with E-state index in [1.54, 1.807) is 0 Å². The molecule has 1 saturated heterocycles. The average Bonchev–Trinajstić information content (AvgIpc) is 3.00. The summed E-state index contributed by atoms with van der Waals surface area (Å²) in [6.45, 7) is 17.5. The van der Waals surface area contributed by atoms with Crippen molar-refractivity contribution in [2.45, 2.75) is 97.4 Å². The van der Waals surface area contributed by atoms with Gasteiger partial charge in [0.2, 0.25) is 0 Å². The second kappa shape index (κ2) is 10.2. The standard InChI is InChI=1S/C23H43NO2/c1-6-9-17-24(16-8-3)18-12-21-19-25-23(26-21)14-10-20(11-15-23)22(4,5)13-7-2/h6,20-21H,1,7-19H2,2-5H3.